The van der Waals surface area contributed by atoms with E-state index in [0.29, 0.717) is 0 Å². The molecule has 3 nitrogen and oxygen atoms in total. The van der Waals surface area contributed by atoms with E-state index in [1.165, 1.54) is 0 Å². The Morgan fingerprint density at radius 2 is 2.00 bits per heavy atom. The predicted octanol–water partition coefficient (Wildman–Crippen LogP) is 2.12. The Labute approximate surface area is 88.9 Å². The van der Waals surface area contributed by atoms with Gasteiger partial charge in [-0.25, -0.2) is 0 Å². The van der Waals surface area contributed by atoms with Gasteiger partial charge in [0, 0.05) is 31.7 Å². The maximum Gasteiger partial charge on any atom is 0.0466 e. The van der Waals surface area contributed by atoms with Gasteiger partial charge in [0.15, 0.2) is 0 Å². The Morgan fingerprint density at radius 1 is 1.43 bits per heavy atom. The van der Waals surface area contributed by atoms with Gasteiger partial charge in [-0.1, -0.05) is 20.8 Å². The maximum atomic E-state index is 4.05. The van der Waals surface area contributed by atoms with E-state index < -0.39 is 0 Å². The van der Waals surface area contributed by atoms with Gasteiger partial charge in [-0.05, 0) is 20.5 Å². The first-order valence-electron chi connectivity index (χ1n) is 5.27. The third-order valence-corrected chi connectivity index (χ3v) is 1.68. The minimum Gasteiger partial charge on any atom is -0.389 e. The Kier molecular flexibility index (Phi) is 13.6. The van der Waals surface area contributed by atoms with Gasteiger partial charge in [-0.15, -0.1) is 0 Å². The van der Waals surface area contributed by atoms with Crippen LogP contribution in [0.5, 0.6) is 0 Å². The summed E-state index contributed by atoms with van der Waals surface area (Å²) >= 11 is 0. The van der Waals surface area contributed by atoms with E-state index in [9.17, 15) is 0 Å². The zero-order valence-corrected chi connectivity index (χ0v) is 10.5. The molecule has 0 unspecified atom stereocenters. The highest BCUT2D eigenvalue weighted by Crippen LogP contribution is 1.92. The van der Waals surface area contributed by atoms with Crippen molar-refractivity contribution in [3.8, 4) is 0 Å². The van der Waals surface area contributed by atoms with Gasteiger partial charge >= 0.3 is 0 Å². The van der Waals surface area contributed by atoms with Crippen LogP contribution in [-0.4, -0.2) is 38.3 Å². The van der Waals surface area contributed by atoms with Crippen molar-refractivity contribution in [1.29, 1.82) is 0 Å². The molecule has 84 valence electrons. The zero-order valence-electron chi connectivity index (χ0n) is 10.5. The summed E-state index contributed by atoms with van der Waals surface area (Å²) < 4.78 is 0. The second-order valence-electron chi connectivity index (χ2n) is 2.64. The molecule has 0 atom stereocenters. The Balaban J connectivity index is 0. The third-order valence-electron chi connectivity index (χ3n) is 1.68. The first-order valence-corrected chi connectivity index (χ1v) is 5.27. The molecule has 0 aliphatic rings. The Bertz CT molecular complexity index is 162. The molecule has 0 saturated carbocycles. The molecule has 14 heavy (non-hydrogen) atoms. The van der Waals surface area contributed by atoms with Crippen molar-refractivity contribution in [3.63, 3.8) is 0 Å². The van der Waals surface area contributed by atoms with Crippen LogP contribution >= 0.6 is 0 Å². The summed E-state index contributed by atoms with van der Waals surface area (Å²) in [5, 5.41) is 3.11. The molecule has 3 heteroatoms. The molecule has 0 aromatic carbocycles. The van der Waals surface area contributed by atoms with Gasteiger partial charge in [-0.3, -0.25) is 4.99 Å². The van der Waals surface area contributed by atoms with Gasteiger partial charge in [-0.2, -0.15) is 0 Å². The topological polar surface area (TPSA) is 27.6 Å². The minimum atomic E-state index is 0.921. The number of aliphatic imine (C=N–C) groups is 1. The van der Waals surface area contributed by atoms with Gasteiger partial charge in [0.05, 0.1) is 0 Å². The first kappa shape index (κ1) is 15.6. The highest BCUT2D eigenvalue weighted by Gasteiger charge is 1.97. The lowest BCUT2D eigenvalue weighted by Gasteiger charge is -2.15. The van der Waals surface area contributed by atoms with E-state index in [1.54, 1.807) is 6.21 Å². The van der Waals surface area contributed by atoms with Crippen molar-refractivity contribution in [1.82, 2.24) is 10.2 Å². The van der Waals surface area contributed by atoms with Crippen molar-refractivity contribution < 1.29 is 0 Å². The fraction of sp³-hybridized carbons (Fsp3) is 0.727. The molecule has 0 radical (unpaired) electrons. The third kappa shape index (κ3) is 9.26. The van der Waals surface area contributed by atoms with Gasteiger partial charge in [0.25, 0.3) is 0 Å². The zero-order chi connectivity index (χ0) is 11.4. The monoisotopic (exact) mass is 199 g/mol. The SMILES string of the molecule is CC.CC=N/C=C(/CN(C)CC)NC. The second-order valence-corrected chi connectivity index (χ2v) is 2.64. The largest absolute Gasteiger partial charge is 0.389 e. The number of likely N-dealkylation sites (N-methyl/N-ethyl adjacent to an activating group) is 2. The molecule has 0 heterocycles. The summed E-state index contributed by atoms with van der Waals surface area (Å²) in [4.78, 5) is 6.27. The van der Waals surface area contributed by atoms with Gasteiger partial charge in [0.1, 0.15) is 0 Å². The van der Waals surface area contributed by atoms with Crippen LogP contribution in [0.3, 0.4) is 0 Å². The highest BCUT2D eigenvalue weighted by molar-refractivity contribution is 5.54. The molecule has 0 bridgehead atoms. The lowest BCUT2D eigenvalue weighted by Crippen LogP contribution is -2.25. The Morgan fingerprint density at radius 3 is 2.36 bits per heavy atom. The first-order chi connectivity index (χ1) is 6.74. The van der Waals surface area contributed by atoms with Crippen LogP contribution < -0.4 is 5.32 Å². The van der Waals surface area contributed by atoms with Crippen LogP contribution in [0.2, 0.25) is 0 Å². The molecule has 0 saturated heterocycles. The average molecular weight is 199 g/mol. The molecular weight excluding hydrogens is 174 g/mol. The van der Waals surface area contributed by atoms with Crippen molar-refractivity contribution in [2.45, 2.75) is 27.7 Å². The molecule has 1 N–H and O–H groups in total. The molecule has 0 amide bonds. The number of hydrogen-bond donors (Lipinski definition) is 1. The van der Waals surface area contributed by atoms with Crippen molar-refractivity contribution in [2.75, 3.05) is 27.2 Å². The van der Waals surface area contributed by atoms with Crippen molar-refractivity contribution in [3.05, 3.63) is 11.9 Å². The van der Waals surface area contributed by atoms with Crippen LogP contribution in [0, 0.1) is 0 Å². The van der Waals surface area contributed by atoms with Crippen LogP contribution in [-0.2, 0) is 0 Å². The summed E-state index contributed by atoms with van der Waals surface area (Å²) in [7, 11) is 4.00. The lowest BCUT2D eigenvalue weighted by molar-refractivity contribution is 0.376. The molecule has 0 aliphatic carbocycles. The summed E-state index contributed by atoms with van der Waals surface area (Å²) in [6, 6.07) is 0. The average Bonchev–Trinajstić information content (AvgIpc) is 2.26. The summed E-state index contributed by atoms with van der Waals surface area (Å²) in [6.45, 7) is 10.0. The highest BCUT2D eigenvalue weighted by atomic mass is 15.1. The maximum absolute atomic E-state index is 4.05. The van der Waals surface area contributed by atoms with Crippen LogP contribution in [0.25, 0.3) is 0 Å². The quantitative estimate of drug-likeness (QED) is 0.687. The second kappa shape index (κ2) is 12.2. The fourth-order valence-corrected chi connectivity index (χ4v) is 0.752. The molecule has 0 aromatic heterocycles. The predicted molar refractivity (Wildman–Crippen MR) is 65.8 cm³/mol. The molecule has 0 aliphatic heterocycles. The van der Waals surface area contributed by atoms with Gasteiger partial charge < -0.3 is 10.2 Å². The van der Waals surface area contributed by atoms with E-state index in [2.05, 4.69) is 29.2 Å². The van der Waals surface area contributed by atoms with Gasteiger partial charge in [0.2, 0.25) is 0 Å². The number of rotatable bonds is 5. The molecule has 0 spiro atoms. The number of hydrogen-bond acceptors (Lipinski definition) is 3. The molecular formula is C11H25N3. The van der Waals surface area contributed by atoms with E-state index in [0.717, 1.165) is 18.8 Å². The minimum absolute atomic E-state index is 0.921. The van der Waals surface area contributed by atoms with E-state index in [1.807, 2.05) is 34.0 Å². The standard InChI is InChI=1S/C9H19N3.C2H6/c1-5-11-7-9(10-3)8-12(4)6-2;1-2/h5,7,10H,6,8H2,1-4H3;1-2H3/b9-7-,11-5?;. The molecule has 0 fully saturated rings. The summed E-state index contributed by atoms with van der Waals surface area (Å²) in [5.41, 5.74) is 1.14. The summed E-state index contributed by atoms with van der Waals surface area (Å²) in [5.74, 6) is 0. The van der Waals surface area contributed by atoms with Crippen LogP contribution in [0.1, 0.15) is 27.7 Å². The number of nitrogens with one attached hydrogen (secondary N) is 1. The normalized spacial score (nSPS) is 11.5. The smallest absolute Gasteiger partial charge is 0.0466 e. The Hall–Kier alpha value is -0.830. The number of nitrogens with zero attached hydrogens (tertiary/aromatic N) is 2. The summed E-state index contributed by atoms with van der Waals surface area (Å²) in [6.07, 6.45) is 3.63. The van der Waals surface area contributed by atoms with E-state index >= 15 is 0 Å². The van der Waals surface area contributed by atoms with Crippen LogP contribution in [0.4, 0.5) is 0 Å². The molecule has 0 aromatic rings. The molecule has 0 rings (SSSR count). The van der Waals surface area contributed by atoms with Crippen molar-refractivity contribution >= 4 is 6.21 Å². The van der Waals surface area contributed by atoms with Crippen molar-refractivity contribution in [2.24, 2.45) is 4.99 Å². The van der Waals surface area contributed by atoms with Crippen LogP contribution in [0.15, 0.2) is 16.9 Å². The van der Waals surface area contributed by atoms with E-state index in [4.69, 9.17) is 0 Å². The van der Waals surface area contributed by atoms with E-state index in [-0.39, 0.29) is 0 Å². The lowest BCUT2D eigenvalue weighted by atomic mass is 10.4. The fourth-order valence-electron chi connectivity index (χ4n) is 0.752.